The Kier molecular flexibility index (Phi) is 7.21. The third-order valence-corrected chi connectivity index (χ3v) is 7.56. The van der Waals surface area contributed by atoms with Gasteiger partial charge in [0.15, 0.2) is 5.70 Å². The maximum atomic E-state index is 12.5. The number of benzene rings is 4. The Bertz CT molecular complexity index is 1450. The number of nitrogens with zero attached hydrogens (tertiary/aromatic N) is 1. The highest BCUT2D eigenvalue weighted by Gasteiger charge is 2.24. The largest absolute Gasteiger partial charge is 0.487 e. The number of esters is 1. The Balaban J connectivity index is 1.38. The Morgan fingerprint density at radius 3 is 2.29 bits per heavy atom. The summed E-state index contributed by atoms with van der Waals surface area (Å²) >= 11 is 6.81. The topological polar surface area (TPSA) is 47.9 Å². The van der Waals surface area contributed by atoms with Crippen molar-refractivity contribution in [2.24, 2.45) is 4.99 Å². The first-order valence-corrected chi connectivity index (χ1v) is 13.6. The summed E-state index contributed by atoms with van der Waals surface area (Å²) in [4.78, 5) is 17.0. The Morgan fingerprint density at radius 2 is 1.56 bits per heavy atom. The summed E-state index contributed by atoms with van der Waals surface area (Å²) in [5.74, 6) is 0.701. The van der Waals surface area contributed by atoms with Crippen molar-refractivity contribution < 1.29 is 14.3 Å². The number of carbonyl (C=O) groups is 1. The fraction of sp³-hybridized carbons (Fsp3) is 0.0370. The zero-order chi connectivity index (χ0) is 23.7. The lowest BCUT2D eigenvalue weighted by Gasteiger charge is -2.11. The lowest BCUT2D eigenvalue weighted by atomic mass is 10.1. The van der Waals surface area contributed by atoms with Crippen LogP contribution in [0.25, 0.3) is 16.8 Å². The first-order chi connectivity index (χ1) is 16.5. The summed E-state index contributed by atoms with van der Waals surface area (Å²) in [5.41, 5.74) is 3.04. The molecule has 0 spiro atoms. The molecule has 34 heavy (non-hydrogen) atoms. The second-order valence-electron chi connectivity index (χ2n) is 7.63. The molecule has 1 aliphatic rings. The van der Waals surface area contributed by atoms with Crippen molar-refractivity contribution in [3.8, 4) is 5.75 Å². The molecule has 0 bridgehead atoms. The third kappa shape index (κ3) is 5.30. The Labute approximate surface area is 237 Å². The van der Waals surface area contributed by atoms with Crippen molar-refractivity contribution in [3.05, 3.63) is 112 Å². The van der Waals surface area contributed by atoms with Gasteiger partial charge in [0.25, 0.3) is 0 Å². The smallest absolute Gasteiger partial charge is 0.363 e. The molecular weight excluding hydrogens is 767 g/mol. The lowest BCUT2D eigenvalue weighted by molar-refractivity contribution is -0.129. The number of rotatable bonds is 5. The summed E-state index contributed by atoms with van der Waals surface area (Å²) in [6.45, 7) is 0.495. The molecule has 0 fully saturated rings. The molecular formula is C27H16I3NO3. The molecule has 4 nitrogen and oxygen atoms in total. The maximum Gasteiger partial charge on any atom is 0.363 e. The quantitative estimate of drug-likeness (QED) is 0.119. The first-order valence-electron chi connectivity index (χ1n) is 10.3. The van der Waals surface area contributed by atoms with Gasteiger partial charge >= 0.3 is 5.97 Å². The summed E-state index contributed by atoms with van der Waals surface area (Å²) in [5, 5.41) is 2.20. The molecule has 7 heteroatoms. The highest BCUT2D eigenvalue weighted by Crippen LogP contribution is 2.31. The fourth-order valence-electron chi connectivity index (χ4n) is 3.55. The number of ether oxygens (including phenoxy) is 2. The van der Waals surface area contributed by atoms with Gasteiger partial charge in [0.2, 0.25) is 5.90 Å². The van der Waals surface area contributed by atoms with E-state index in [0.29, 0.717) is 12.5 Å². The fourth-order valence-corrected chi connectivity index (χ4v) is 6.04. The van der Waals surface area contributed by atoms with E-state index >= 15 is 0 Å². The second-order valence-corrected chi connectivity index (χ2v) is 11.2. The molecule has 0 aliphatic carbocycles. The molecule has 0 unspecified atom stereocenters. The first kappa shape index (κ1) is 23.7. The second kappa shape index (κ2) is 10.3. The van der Waals surface area contributed by atoms with Gasteiger partial charge in [0.05, 0.1) is 7.14 Å². The van der Waals surface area contributed by atoms with Crippen LogP contribution in [0.1, 0.15) is 16.7 Å². The average Bonchev–Trinajstić information content (AvgIpc) is 3.19. The minimum absolute atomic E-state index is 0.280. The number of hydrogen-bond donors (Lipinski definition) is 0. The van der Waals surface area contributed by atoms with Crippen LogP contribution >= 0.6 is 67.8 Å². The zero-order valence-electron chi connectivity index (χ0n) is 17.6. The number of aliphatic imine (C=N–C) groups is 1. The zero-order valence-corrected chi connectivity index (χ0v) is 24.1. The Morgan fingerprint density at radius 1 is 0.853 bits per heavy atom. The van der Waals surface area contributed by atoms with Crippen molar-refractivity contribution in [2.45, 2.75) is 6.61 Å². The van der Waals surface area contributed by atoms with E-state index in [4.69, 9.17) is 9.47 Å². The number of cyclic esters (lactones) is 1. The van der Waals surface area contributed by atoms with E-state index in [1.54, 1.807) is 6.08 Å². The van der Waals surface area contributed by atoms with Gasteiger partial charge in [0, 0.05) is 9.13 Å². The predicted octanol–water partition coefficient (Wildman–Crippen LogP) is 7.58. The van der Waals surface area contributed by atoms with Gasteiger partial charge in [-0.2, -0.15) is 0 Å². The number of fused-ring (bicyclic) bond motifs is 1. The molecule has 0 aromatic heterocycles. The molecule has 0 saturated heterocycles. The van der Waals surface area contributed by atoms with Crippen molar-refractivity contribution in [3.63, 3.8) is 0 Å². The molecule has 0 atom stereocenters. The van der Waals surface area contributed by atoms with Crippen LogP contribution in [0.4, 0.5) is 0 Å². The van der Waals surface area contributed by atoms with Crippen LogP contribution in [0.15, 0.2) is 89.6 Å². The van der Waals surface area contributed by atoms with E-state index in [1.807, 2.05) is 54.6 Å². The van der Waals surface area contributed by atoms with Crippen molar-refractivity contribution in [2.75, 3.05) is 0 Å². The van der Waals surface area contributed by atoms with Crippen LogP contribution in [0.2, 0.25) is 0 Å². The average molecular weight is 783 g/mol. The van der Waals surface area contributed by atoms with Crippen molar-refractivity contribution in [1.82, 2.24) is 0 Å². The summed E-state index contributed by atoms with van der Waals surface area (Å²) in [6, 6.07) is 26.2. The van der Waals surface area contributed by atoms with Crippen LogP contribution in [-0.2, 0) is 16.1 Å². The maximum absolute atomic E-state index is 12.5. The van der Waals surface area contributed by atoms with E-state index in [9.17, 15) is 4.79 Å². The van der Waals surface area contributed by atoms with Gasteiger partial charge in [-0.15, -0.1) is 0 Å². The molecule has 1 aliphatic heterocycles. The van der Waals surface area contributed by atoms with Crippen LogP contribution in [0.3, 0.4) is 0 Å². The third-order valence-electron chi connectivity index (χ3n) is 5.24. The van der Waals surface area contributed by atoms with E-state index < -0.39 is 5.97 Å². The molecule has 4 aromatic carbocycles. The monoisotopic (exact) mass is 783 g/mol. The van der Waals surface area contributed by atoms with Gasteiger partial charge in [-0.1, -0.05) is 42.5 Å². The van der Waals surface area contributed by atoms with Gasteiger partial charge in [-0.25, -0.2) is 9.79 Å². The van der Waals surface area contributed by atoms with Crippen molar-refractivity contribution in [1.29, 1.82) is 0 Å². The minimum Gasteiger partial charge on any atom is -0.487 e. The highest BCUT2D eigenvalue weighted by molar-refractivity contribution is 14.1. The lowest BCUT2D eigenvalue weighted by Crippen LogP contribution is -2.05. The molecule has 5 rings (SSSR count). The van der Waals surface area contributed by atoms with Gasteiger partial charge in [0.1, 0.15) is 12.4 Å². The molecule has 0 N–H and O–H groups in total. The van der Waals surface area contributed by atoms with Crippen molar-refractivity contribution >= 4 is 96.5 Å². The number of hydrogen-bond acceptors (Lipinski definition) is 4. The summed E-state index contributed by atoms with van der Waals surface area (Å²) in [6.07, 6.45) is 1.75. The SMILES string of the molecule is O=C1OC(c2ccc3ccccc3c2)=N/C1=C\c1cc(I)c(OCc2ccc(I)cc2)c(I)c1. The highest BCUT2D eigenvalue weighted by atomic mass is 127. The Hall–Kier alpha value is -1.99. The van der Waals surface area contributed by atoms with E-state index in [-0.39, 0.29) is 5.70 Å². The van der Waals surface area contributed by atoms with E-state index in [2.05, 4.69) is 97.0 Å². The summed E-state index contributed by atoms with van der Waals surface area (Å²) < 4.78 is 14.7. The van der Waals surface area contributed by atoms with Gasteiger partial charge < -0.3 is 9.47 Å². The number of carbonyl (C=O) groups excluding carboxylic acids is 1. The van der Waals surface area contributed by atoms with Gasteiger partial charge in [-0.05, 0) is 132 Å². The molecule has 0 amide bonds. The van der Waals surface area contributed by atoms with E-state index in [1.165, 1.54) is 3.57 Å². The van der Waals surface area contributed by atoms with Crippen LogP contribution in [0, 0.1) is 10.7 Å². The molecule has 0 radical (unpaired) electrons. The minimum atomic E-state index is -0.452. The van der Waals surface area contributed by atoms with Crippen LogP contribution in [-0.4, -0.2) is 11.9 Å². The molecule has 0 saturated carbocycles. The molecule has 4 aromatic rings. The summed E-state index contributed by atoms with van der Waals surface area (Å²) in [7, 11) is 0. The molecule has 168 valence electrons. The van der Waals surface area contributed by atoms with Gasteiger partial charge in [-0.3, -0.25) is 0 Å². The number of halogens is 3. The van der Waals surface area contributed by atoms with Crippen LogP contribution in [0.5, 0.6) is 5.75 Å². The standard InChI is InChI=1S/C27H16I3NO3/c28-21-9-5-16(6-10-21)15-33-25-22(29)11-17(12-23(25)30)13-24-27(32)34-26(31-24)20-8-7-18-3-1-2-4-19(18)14-20/h1-14H,15H2/b24-13-. The van der Waals surface area contributed by atoms with Crippen LogP contribution < -0.4 is 4.74 Å². The normalized spacial score (nSPS) is 14.4. The molecule has 1 heterocycles. The predicted molar refractivity (Wildman–Crippen MR) is 160 cm³/mol. The van der Waals surface area contributed by atoms with E-state index in [0.717, 1.165) is 40.4 Å².